The van der Waals surface area contributed by atoms with E-state index in [1.54, 1.807) is 0 Å². The molecule has 0 aromatic heterocycles. The zero-order valence-electron chi connectivity index (χ0n) is 19.8. The molecule has 0 atom stereocenters. The summed E-state index contributed by atoms with van der Waals surface area (Å²) >= 11 is 1.48. The fraction of sp³-hybridized carbons (Fsp3) is 0.692. The molecule has 7 heteroatoms. The Balaban J connectivity index is 1.23. The van der Waals surface area contributed by atoms with E-state index in [2.05, 4.69) is 10.2 Å². The summed E-state index contributed by atoms with van der Waals surface area (Å²) in [6, 6.07) is 7.75. The minimum Gasteiger partial charge on any atom is -0.379 e. The lowest BCUT2D eigenvalue weighted by Gasteiger charge is -2.36. The highest BCUT2D eigenvalue weighted by Crippen LogP contribution is 2.27. The predicted molar refractivity (Wildman–Crippen MR) is 133 cm³/mol. The third-order valence-electron chi connectivity index (χ3n) is 7.31. The molecule has 0 spiro atoms. The maximum absolute atomic E-state index is 13.3. The van der Waals surface area contributed by atoms with Crippen LogP contribution in [-0.4, -0.2) is 79.8 Å². The number of nitrogens with zero attached hydrogens (tertiary/aromatic N) is 2. The van der Waals surface area contributed by atoms with Crippen molar-refractivity contribution >= 4 is 23.6 Å². The molecule has 2 aliphatic heterocycles. The van der Waals surface area contributed by atoms with Gasteiger partial charge in [0.1, 0.15) is 0 Å². The average molecular weight is 474 g/mol. The molecule has 6 nitrogen and oxygen atoms in total. The third-order valence-corrected chi connectivity index (χ3v) is 8.38. The monoisotopic (exact) mass is 473 g/mol. The van der Waals surface area contributed by atoms with Crippen LogP contribution in [0.5, 0.6) is 0 Å². The van der Waals surface area contributed by atoms with Crippen LogP contribution in [0.2, 0.25) is 0 Å². The van der Waals surface area contributed by atoms with Gasteiger partial charge in [-0.15, -0.1) is 11.8 Å². The zero-order valence-corrected chi connectivity index (χ0v) is 20.6. The van der Waals surface area contributed by atoms with Crippen LogP contribution in [0.15, 0.2) is 29.2 Å². The first-order chi connectivity index (χ1) is 16.2. The van der Waals surface area contributed by atoms with E-state index in [4.69, 9.17) is 4.74 Å². The second-order valence-electron chi connectivity index (χ2n) is 9.74. The first kappa shape index (κ1) is 24.6. The van der Waals surface area contributed by atoms with Crippen LogP contribution in [-0.2, 0) is 9.53 Å². The number of morpholine rings is 1. The fourth-order valence-corrected chi connectivity index (χ4v) is 6.13. The summed E-state index contributed by atoms with van der Waals surface area (Å²) in [6.07, 6.45) is 8.48. The Labute approximate surface area is 202 Å². The summed E-state index contributed by atoms with van der Waals surface area (Å²) in [5.41, 5.74) is 0.731. The number of carbonyl (C=O) groups excluding carboxylic acids is 2. The van der Waals surface area contributed by atoms with Crippen molar-refractivity contribution in [3.8, 4) is 0 Å². The topological polar surface area (TPSA) is 61.9 Å². The van der Waals surface area contributed by atoms with Crippen molar-refractivity contribution in [2.45, 2.75) is 49.8 Å². The van der Waals surface area contributed by atoms with Gasteiger partial charge < -0.3 is 15.0 Å². The van der Waals surface area contributed by atoms with E-state index < -0.39 is 0 Å². The third kappa shape index (κ3) is 7.46. The summed E-state index contributed by atoms with van der Waals surface area (Å²) in [5.74, 6) is 1.82. The van der Waals surface area contributed by atoms with Crippen molar-refractivity contribution in [2.75, 3.05) is 58.2 Å². The Bertz CT molecular complexity index is 770. The molecular weight excluding hydrogens is 434 g/mol. The highest BCUT2D eigenvalue weighted by Gasteiger charge is 2.27. The Morgan fingerprint density at radius 3 is 2.42 bits per heavy atom. The number of ether oxygens (including phenoxy) is 1. The van der Waals surface area contributed by atoms with Crippen LogP contribution in [0, 0.1) is 11.8 Å². The van der Waals surface area contributed by atoms with Gasteiger partial charge in [-0.2, -0.15) is 0 Å². The molecule has 3 aliphatic rings. The predicted octanol–water partition coefficient (Wildman–Crippen LogP) is 3.66. The summed E-state index contributed by atoms with van der Waals surface area (Å²) < 4.78 is 5.45. The first-order valence-corrected chi connectivity index (χ1v) is 13.8. The lowest BCUT2D eigenvalue weighted by Crippen LogP contribution is -2.44. The van der Waals surface area contributed by atoms with Gasteiger partial charge >= 0.3 is 0 Å². The molecule has 2 heterocycles. The standard InChI is InChI=1S/C26H39N3O3S/c30-25(27-18-21-6-2-1-3-7-21)20-33-24-9-5-4-8-23(24)26(31)29-12-10-22(11-13-29)19-28-14-16-32-17-15-28/h4-5,8-9,21-22H,1-3,6-7,10-20H2,(H,27,30). The van der Waals surface area contributed by atoms with Gasteiger partial charge in [-0.25, -0.2) is 0 Å². The van der Waals surface area contributed by atoms with E-state index >= 15 is 0 Å². The quantitative estimate of drug-likeness (QED) is 0.584. The Hall–Kier alpha value is -1.57. The molecule has 4 rings (SSSR count). The van der Waals surface area contributed by atoms with Crippen LogP contribution in [0.3, 0.4) is 0 Å². The van der Waals surface area contributed by atoms with Crippen molar-refractivity contribution in [3.05, 3.63) is 29.8 Å². The van der Waals surface area contributed by atoms with E-state index in [-0.39, 0.29) is 11.8 Å². The van der Waals surface area contributed by atoms with Crippen LogP contribution < -0.4 is 5.32 Å². The molecule has 0 radical (unpaired) electrons. The molecule has 1 N–H and O–H groups in total. The number of benzene rings is 1. The molecule has 1 saturated carbocycles. The summed E-state index contributed by atoms with van der Waals surface area (Å²) in [7, 11) is 0. The van der Waals surface area contributed by atoms with Crippen molar-refractivity contribution < 1.29 is 14.3 Å². The van der Waals surface area contributed by atoms with Crippen molar-refractivity contribution in [1.82, 2.24) is 15.1 Å². The van der Waals surface area contributed by atoms with Crippen LogP contribution in [0.4, 0.5) is 0 Å². The number of hydrogen-bond acceptors (Lipinski definition) is 5. The van der Waals surface area contributed by atoms with Gasteiger partial charge in [-0.05, 0) is 49.7 Å². The van der Waals surface area contributed by atoms with Crippen molar-refractivity contribution in [1.29, 1.82) is 0 Å². The maximum atomic E-state index is 13.3. The molecule has 182 valence electrons. The maximum Gasteiger partial charge on any atom is 0.254 e. The minimum atomic E-state index is 0.0664. The number of nitrogens with one attached hydrogen (secondary N) is 1. The van der Waals surface area contributed by atoms with E-state index in [1.165, 1.54) is 43.9 Å². The number of likely N-dealkylation sites (tertiary alicyclic amines) is 1. The number of carbonyl (C=O) groups is 2. The number of thioether (sulfide) groups is 1. The minimum absolute atomic E-state index is 0.0664. The summed E-state index contributed by atoms with van der Waals surface area (Å²) in [4.78, 5) is 31.1. The van der Waals surface area contributed by atoms with E-state index in [0.29, 0.717) is 17.6 Å². The number of amides is 2. The molecule has 1 aromatic rings. The number of piperidine rings is 1. The molecule has 3 fully saturated rings. The molecule has 1 aromatic carbocycles. The molecule has 33 heavy (non-hydrogen) atoms. The van der Waals surface area contributed by atoms with Crippen molar-refractivity contribution in [2.24, 2.45) is 11.8 Å². The summed E-state index contributed by atoms with van der Waals surface area (Å²) in [6.45, 7) is 7.27. The van der Waals surface area contributed by atoms with Gasteiger partial charge in [0.25, 0.3) is 5.91 Å². The second-order valence-corrected chi connectivity index (χ2v) is 10.8. The summed E-state index contributed by atoms with van der Waals surface area (Å²) in [5, 5.41) is 3.11. The molecule has 2 saturated heterocycles. The van der Waals surface area contributed by atoms with Gasteiger partial charge in [-0.1, -0.05) is 31.4 Å². The first-order valence-electron chi connectivity index (χ1n) is 12.8. The molecule has 2 amide bonds. The lowest BCUT2D eigenvalue weighted by atomic mass is 9.89. The van der Waals surface area contributed by atoms with Gasteiger partial charge in [0.2, 0.25) is 5.91 Å². The van der Waals surface area contributed by atoms with Gasteiger partial charge in [0, 0.05) is 44.2 Å². The number of rotatable bonds is 8. The highest BCUT2D eigenvalue weighted by molar-refractivity contribution is 8.00. The lowest BCUT2D eigenvalue weighted by molar-refractivity contribution is -0.118. The second kappa shape index (κ2) is 12.8. The average Bonchev–Trinajstić information content (AvgIpc) is 2.88. The smallest absolute Gasteiger partial charge is 0.254 e. The van der Waals surface area contributed by atoms with Crippen LogP contribution >= 0.6 is 11.8 Å². The fourth-order valence-electron chi connectivity index (χ4n) is 5.25. The normalized spacial score (nSPS) is 21.2. The van der Waals surface area contributed by atoms with E-state index in [9.17, 15) is 9.59 Å². The van der Waals surface area contributed by atoms with Crippen molar-refractivity contribution in [3.63, 3.8) is 0 Å². The highest BCUT2D eigenvalue weighted by atomic mass is 32.2. The zero-order chi connectivity index (χ0) is 22.9. The molecular formula is C26H39N3O3S. The van der Waals surface area contributed by atoms with Crippen LogP contribution in [0.1, 0.15) is 55.3 Å². The largest absolute Gasteiger partial charge is 0.379 e. The Morgan fingerprint density at radius 2 is 1.67 bits per heavy atom. The van der Waals surface area contributed by atoms with E-state index in [0.717, 1.165) is 75.8 Å². The van der Waals surface area contributed by atoms with Crippen LogP contribution in [0.25, 0.3) is 0 Å². The molecule has 0 unspecified atom stereocenters. The van der Waals surface area contributed by atoms with Gasteiger partial charge in [-0.3, -0.25) is 14.5 Å². The molecule has 0 bridgehead atoms. The van der Waals surface area contributed by atoms with Gasteiger partial charge in [0.15, 0.2) is 0 Å². The van der Waals surface area contributed by atoms with Gasteiger partial charge in [0.05, 0.1) is 24.5 Å². The van der Waals surface area contributed by atoms with E-state index in [1.807, 2.05) is 29.2 Å². The Kier molecular flexibility index (Phi) is 9.50. The SMILES string of the molecule is O=C(CSc1ccccc1C(=O)N1CCC(CN2CCOCC2)CC1)NCC1CCCCC1. The Morgan fingerprint density at radius 1 is 0.939 bits per heavy atom. The molecule has 1 aliphatic carbocycles. The number of hydrogen-bond donors (Lipinski definition) is 1.